The molecule has 1 unspecified atom stereocenters. The Morgan fingerprint density at radius 3 is 2.20 bits per heavy atom. The van der Waals surface area contributed by atoms with Gasteiger partial charge >= 0.3 is 0 Å². The highest BCUT2D eigenvalue weighted by atomic mass is 32.2. The van der Waals surface area contributed by atoms with Gasteiger partial charge in [0.25, 0.3) is 10.0 Å². The van der Waals surface area contributed by atoms with Crippen molar-refractivity contribution in [3.8, 4) is 5.75 Å². The lowest BCUT2D eigenvalue weighted by molar-refractivity contribution is 0.371. The van der Waals surface area contributed by atoms with Crippen molar-refractivity contribution in [2.75, 3.05) is 7.11 Å². The molecule has 0 spiro atoms. The summed E-state index contributed by atoms with van der Waals surface area (Å²) in [5, 5.41) is 4.49. The van der Waals surface area contributed by atoms with Crippen LogP contribution in [0.15, 0.2) is 82.8 Å². The first-order chi connectivity index (χ1) is 14.4. The molecule has 0 saturated carbocycles. The van der Waals surface area contributed by atoms with Crippen LogP contribution in [0.5, 0.6) is 5.75 Å². The van der Waals surface area contributed by atoms with Gasteiger partial charge in [0.1, 0.15) is 11.6 Å². The highest BCUT2D eigenvalue weighted by molar-refractivity contribution is 7.89. The summed E-state index contributed by atoms with van der Waals surface area (Å²) in [6.07, 6.45) is 0.378. The predicted molar refractivity (Wildman–Crippen MR) is 113 cm³/mol. The summed E-state index contributed by atoms with van der Waals surface area (Å²) < 4.78 is 46.6. The number of sulfonamides is 1. The topological polar surface area (TPSA) is 59.0 Å². The third kappa shape index (κ3) is 3.80. The van der Waals surface area contributed by atoms with Crippen molar-refractivity contribution >= 4 is 15.7 Å². The van der Waals surface area contributed by atoms with Crippen molar-refractivity contribution in [2.24, 2.45) is 5.10 Å². The maximum Gasteiger partial charge on any atom is 0.279 e. The second-order valence-corrected chi connectivity index (χ2v) is 8.93. The number of nitrogens with zero attached hydrogens (tertiary/aromatic N) is 2. The van der Waals surface area contributed by atoms with E-state index in [4.69, 9.17) is 4.74 Å². The van der Waals surface area contributed by atoms with Crippen molar-refractivity contribution in [1.29, 1.82) is 0 Å². The molecule has 30 heavy (non-hydrogen) atoms. The van der Waals surface area contributed by atoms with Crippen molar-refractivity contribution in [3.05, 3.63) is 95.3 Å². The Labute approximate surface area is 175 Å². The first kappa shape index (κ1) is 20.1. The average molecular weight is 424 g/mol. The molecule has 0 saturated heterocycles. The van der Waals surface area contributed by atoms with Crippen LogP contribution >= 0.6 is 0 Å². The zero-order chi connectivity index (χ0) is 21.3. The van der Waals surface area contributed by atoms with Crippen LogP contribution in [0.4, 0.5) is 4.39 Å². The first-order valence-corrected chi connectivity index (χ1v) is 10.9. The van der Waals surface area contributed by atoms with E-state index in [-0.39, 0.29) is 10.7 Å². The van der Waals surface area contributed by atoms with Crippen LogP contribution in [0.2, 0.25) is 0 Å². The minimum absolute atomic E-state index is 0.167. The van der Waals surface area contributed by atoms with E-state index in [0.29, 0.717) is 23.4 Å². The van der Waals surface area contributed by atoms with E-state index in [1.165, 1.54) is 12.1 Å². The fourth-order valence-corrected chi connectivity index (χ4v) is 4.85. The molecule has 1 aliphatic rings. The van der Waals surface area contributed by atoms with Crippen LogP contribution in [0.1, 0.15) is 29.2 Å². The van der Waals surface area contributed by atoms with Gasteiger partial charge in [0, 0.05) is 6.42 Å². The normalized spacial score (nSPS) is 16.4. The Morgan fingerprint density at radius 2 is 1.60 bits per heavy atom. The lowest BCUT2D eigenvalue weighted by atomic mass is 9.99. The minimum atomic E-state index is -3.89. The van der Waals surface area contributed by atoms with E-state index in [1.807, 2.05) is 31.2 Å². The molecular formula is C23H21FN2O3S. The SMILES string of the molecule is COc1ccc(C2=NN(S(=O)(=O)c3ccc(C)cc3)C(c3ccc(F)cc3)C2)cc1. The average Bonchev–Trinajstić information content (AvgIpc) is 3.21. The van der Waals surface area contributed by atoms with E-state index in [0.717, 1.165) is 15.5 Å². The molecular weight excluding hydrogens is 403 g/mol. The standard InChI is InChI=1S/C23H21FN2O3S/c1-16-3-13-21(14-4-16)30(27,28)26-23(18-5-9-19(24)10-6-18)15-22(25-26)17-7-11-20(29-2)12-8-17/h3-14,23H,15H2,1-2H3. The van der Waals surface area contributed by atoms with Crippen LogP contribution in [0, 0.1) is 12.7 Å². The molecule has 3 aromatic carbocycles. The molecule has 0 bridgehead atoms. The number of methoxy groups -OCH3 is 1. The Morgan fingerprint density at radius 1 is 0.967 bits per heavy atom. The number of benzene rings is 3. The highest BCUT2D eigenvalue weighted by Crippen LogP contribution is 2.37. The molecule has 0 aromatic heterocycles. The Kier molecular flexibility index (Phi) is 5.30. The molecule has 0 fully saturated rings. The minimum Gasteiger partial charge on any atom is -0.497 e. The predicted octanol–water partition coefficient (Wildman–Crippen LogP) is 4.68. The fraction of sp³-hybridized carbons (Fsp3) is 0.174. The van der Waals surface area contributed by atoms with E-state index >= 15 is 0 Å². The molecule has 1 aliphatic heterocycles. The number of aryl methyl sites for hydroxylation is 1. The largest absolute Gasteiger partial charge is 0.497 e. The van der Waals surface area contributed by atoms with Gasteiger partial charge in [0.2, 0.25) is 0 Å². The number of hydrazone groups is 1. The van der Waals surface area contributed by atoms with Crippen LogP contribution in [0.25, 0.3) is 0 Å². The molecule has 154 valence electrons. The van der Waals surface area contributed by atoms with Crippen molar-refractivity contribution in [2.45, 2.75) is 24.3 Å². The van der Waals surface area contributed by atoms with Gasteiger partial charge in [-0.25, -0.2) is 4.39 Å². The molecule has 0 radical (unpaired) electrons. The molecule has 4 rings (SSSR count). The number of hydrogen-bond acceptors (Lipinski definition) is 4. The summed E-state index contributed by atoms with van der Waals surface area (Å²) >= 11 is 0. The van der Waals surface area contributed by atoms with Gasteiger partial charge in [-0.1, -0.05) is 29.8 Å². The zero-order valence-electron chi connectivity index (χ0n) is 16.6. The third-order valence-corrected chi connectivity index (χ3v) is 6.81. The van der Waals surface area contributed by atoms with E-state index in [2.05, 4.69) is 5.10 Å². The third-order valence-electron chi connectivity index (χ3n) is 5.12. The van der Waals surface area contributed by atoms with Gasteiger partial charge in [-0.05, 0) is 66.6 Å². The van der Waals surface area contributed by atoms with Crippen molar-refractivity contribution in [1.82, 2.24) is 4.41 Å². The second kappa shape index (κ2) is 7.91. The van der Waals surface area contributed by atoms with Gasteiger partial charge in [-0.15, -0.1) is 0 Å². The Balaban J connectivity index is 1.77. The molecule has 0 N–H and O–H groups in total. The van der Waals surface area contributed by atoms with Crippen molar-refractivity contribution in [3.63, 3.8) is 0 Å². The first-order valence-electron chi connectivity index (χ1n) is 9.47. The summed E-state index contributed by atoms with van der Waals surface area (Å²) in [7, 11) is -2.30. The maximum atomic E-state index is 13.4. The molecule has 1 heterocycles. The maximum absolute atomic E-state index is 13.4. The van der Waals surface area contributed by atoms with Gasteiger partial charge < -0.3 is 4.74 Å². The lowest BCUT2D eigenvalue weighted by Crippen LogP contribution is -2.27. The number of halogens is 1. The Bertz CT molecular complexity index is 1170. The van der Waals surface area contributed by atoms with E-state index in [1.54, 1.807) is 43.5 Å². The van der Waals surface area contributed by atoms with E-state index < -0.39 is 16.1 Å². The smallest absolute Gasteiger partial charge is 0.279 e. The molecule has 1 atom stereocenters. The number of rotatable bonds is 5. The van der Waals surface area contributed by atoms with Gasteiger partial charge in [0.05, 0.1) is 23.8 Å². The van der Waals surface area contributed by atoms with Crippen LogP contribution in [-0.4, -0.2) is 25.7 Å². The quantitative estimate of drug-likeness (QED) is 0.597. The summed E-state index contributed by atoms with van der Waals surface area (Å²) in [4.78, 5) is 0.167. The summed E-state index contributed by atoms with van der Waals surface area (Å²) in [6.45, 7) is 1.90. The summed E-state index contributed by atoms with van der Waals surface area (Å²) in [5.41, 5.74) is 3.10. The summed E-state index contributed by atoms with van der Waals surface area (Å²) in [6, 6.07) is 19.3. The van der Waals surface area contributed by atoms with Crippen LogP contribution in [-0.2, 0) is 10.0 Å². The number of hydrogen-bond donors (Lipinski definition) is 0. The van der Waals surface area contributed by atoms with Crippen molar-refractivity contribution < 1.29 is 17.5 Å². The Hall–Kier alpha value is -3.19. The molecule has 5 nitrogen and oxygen atoms in total. The number of ether oxygens (including phenoxy) is 1. The second-order valence-electron chi connectivity index (χ2n) is 7.14. The molecule has 0 aliphatic carbocycles. The zero-order valence-corrected chi connectivity index (χ0v) is 17.4. The molecule has 3 aromatic rings. The van der Waals surface area contributed by atoms with Gasteiger partial charge in [0.15, 0.2) is 0 Å². The highest BCUT2D eigenvalue weighted by Gasteiger charge is 2.37. The van der Waals surface area contributed by atoms with Crippen LogP contribution in [0.3, 0.4) is 0 Å². The fourth-order valence-electron chi connectivity index (χ4n) is 3.42. The van der Waals surface area contributed by atoms with Gasteiger partial charge in [-0.2, -0.15) is 17.9 Å². The monoisotopic (exact) mass is 424 g/mol. The molecule has 7 heteroatoms. The van der Waals surface area contributed by atoms with Crippen LogP contribution < -0.4 is 4.74 Å². The summed E-state index contributed by atoms with van der Waals surface area (Å²) in [5.74, 6) is 0.331. The van der Waals surface area contributed by atoms with Gasteiger partial charge in [-0.3, -0.25) is 0 Å². The lowest BCUT2D eigenvalue weighted by Gasteiger charge is -2.23. The van der Waals surface area contributed by atoms with E-state index in [9.17, 15) is 12.8 Å². The molecule has 0 amide bonds.